The van der Waals surface area contributed by atoms with E-state index < -0.39 is 0 Å². The van der Waals surface area contributed by atoms with Crippen LogP contribution in [-0.4, -0.2) is 15.9 Å². The molecule has 0 aliphatic rings. The zero-order valence-electron chi connectivity index (χ0n) is 11.8. The van der Waals surface area contributed by atoms with E-state index in [2.05, 4.69) is 4.98 Å². The normalized spacial score (nSPS) is 11.2. The molecule has 3 rings (SSSR count). The fourth-order valence-electron chi connectivity index (χ4n) is 2.21. The first kappa shape index (κ1) is 15.5. The van der Waals surface area contributed by atoms with Gasteiger partial charge in [0.05, 0.1) is 15.6 Å². The van der Waals surface area contributed by atoms with E-state index in [-0.39, 0.29) is 11.5 Å². The monoisotopic (exact) mass is 343 g/mol. The number of aromatic hydroxyl groups is 1. The first-order valence-corrected chi connectivity index (χ1v) is 7.55. The Morgan fingerprint density at radius 2 is 1.83 bits per heavy atom. The number of benzene rings is 2. The van der Waals surface area contributed by atoms with Crippen molar-refractivity contribution in [2.75, 3.05) is 0 Å². The van der Waals surface area contributed by atoms with E-state index >= 15 is 0 Å². The fourth-order valence-corrected chi connectivity index (χ4v) is 2.59. The molecule has 0 bridgehead atoms. The van der Waals surface area contributed by atoms with Crippen LogP contribution in [0.5, 0.6) is 5.75 Å². The molecule has 23 heavy (non-hydrogen) atoms. The third-order valence-corrected chi connectivity index (χ3v) is 3.89. The molecule has 0 atom stereocenters. The maximum absolute atomic E-state index is 12.2. The molecule has 3 nitrogen and oxygen atoms in total. The maximum Gasteiger partial charge on any atom is 0.185 e. The summed E-state index contributed by atoms with van der Waals surface area (Å²) in [6.45, 7) is 0. The number of carbonyl (C=O) groups is 1. The van der Waals surface area contributed by atoms with Crippen LogP contribution >= 0.6 is 23.2 Å². The molecule has 0 saturated heterocycles. The van der Waals surface area contributed by atoms with Crippen LogP contribution in [0.15, 0.2) is 54.7 Å². The summed E-state index contributed by atoms with van der Waals surface area (Å²) in [7, 11) is 0. The van der Waals surface area contributed by atoms with Gasteiger partial charge in [-0.3, -0.25) is 9.78 Å². The van der Waals surface area contributed by atoms with Gasteiger partial charge in [0.1, 0.15) is 5.75 Å². The number of rotatable bonds is 3. The van der Waals surface area contributed by atoms with Crippen molar-refractivity contribution >= 4 is 46.0 Å². The van der Waals surface area contributed by atoms with Crippen LogP contribution in [-0.2, 0) is 0 Å². The summed E-state index contributed by atoms with van der Waals surface area (Å²) in [5.41, 5.74) is 1.82. The molecule has 3 aromatic rings. The SMILES string of the molecule is O=C(/C=C/c1c(Cl)ccc2cc(Cl)cnc12)c1ccc(O)cc1. The molecule has 0 saturated carbocycles. The van der Waals surface area contributed by atoms with E-state index in [1.165, 1.54) is 18.2 Å². The number of ketones is 1. The first-order chi connectivity index (χ1) is 11.0. The van der Waals surface area contributed by atoms with Crippen molar-refractivity contribution < 1.29 is 9.90 Å². The van der Waals surface area contributed by atoms with Crippen molar-refractivity contribution in [1.82, 2.24) is 4.98 Å². The van der Waals surface area contributed by atoms with Crippen LogP contribution in [0.2, 0.25) is 10.0 Å². The number of allylic oxidation sites excluding steroid dienone is 1. The lowest BCUT2D eigenvalue weighted by atomic mass is 10.1. The summed E-state index contributed by atoms with van der Waals surface area (Å²) >= 11 is 12.2. The number of fused-ring (bicyclic) bond motifs is 1. The lowest BCUT2D eigenvalue weighted by Crippen LogP contribution is -1.93. The summed E-state index contributed by atoms with van der Waals surface area (Å²) < 4.78 is 0. The van der Waals surface area contributed by atoms with Gasteiger partial charge in [0.25, 0.3) is 0 Å². The van der Waals surface area contributed by atoms with Crippen LogP contribution < -0.4 is 0 Å². The van der Waals surface area contributed by atoms with Crippen LogP contribution in [0.1, 0.15) is 15.9 Å². The average molecular weight is 344 g/mol. The Hall–Kier alpha value is -2.36. The summed E-state index contributed by atoms with van der Waals surface area (Å²) in [5, 5.41) is 11.1. The van der Waals surface area contributed by atoms with Gasteiger partial charge in [-0.25, -0.2) is 0 Å². The van der Waals surface area contributed by atoms with Gasteiger partial charge < -0.3 is 5.11 Å². The number of hydrogen-bond acceptors (Lipinski definition) is 3. The lowest BCUT2D eigenvalue weighted by molar-refractivity contribution is 0.104. The Labute approximate surface area is 142 Å². The number of halogens is 2. The van der Waals surface area contributed by atoms with Crippen molar-refractivity contribution in [3.8, 4) is 5.75 Å². The Balaban J connectivity index is 1.98. The molecule has 0 fully saturated rings. The zero-order chi connectivity index (χ0) is 16.4. The second-order valence-corrected chi connectivity index (χ2v) is 5.77. The standard InChI is InChI=1S/C18H11Cl2NO2/c19-13-9-12-3-7-16(20)15(18(12)21-10-13)6-8-17(23)11-1-4-14(22)5-2-11/h1-10,22H/b8-6+. The molecule has 0 unspecified atom stereocenters. The van der Waals surface area contributed by atoms with Crippen LogP contribution in [0.4, 0.5) is 0 Å². The maximum atomic E-state index is 12.2. The molecule has 5 heteroatoms. The Kier molecular flexibility index (Phi) is 4.33. The minimum absolute atomic E-state index is 0.115. The second-order valence-electron chi connectivity index (χ2n) is 4.93. The number of nitrogens with zero attached hydrogens (tertiary/aromatic N) is 1. The van der Waals surface area contributed by atoms with Gasteiger partial charge >= 0.3 is 0 Å². The fraction of sp³-hybridized carbons (Fsp3) is 0. The molecule has 1 aromatic heterocycles. The molecule has 0 amide bonds. The van der Waals surface area contributed by atoms with Crippen LogP contribution in [0, 0.1) is 0 Å². The van der Waals surface area contributed by atoms with Crippen LogP contribution in [0.25, 0.3) is 17.0 Å². The average Bonchev–Trinajstić information content (AvgIpc) is 2.54. The molecule has 1 N–H and O–H groups in total. The number of aromatic nitrogens is 1. The summed E-state index contributed by atoms with van der Waals surface area (Å²) in [4.78, 5) is 16.5. The van der Waals surface area contributed by atoms with Gasteiger partial charge in [0.15, 0.2) is 5.78 Å². The number of carbonyl (C=O) groups excluding carboxylic acids is 1. The summed E-state index contributed by atoms with van der Waals surface area (Å²) in [6.07, 6.45) is 4.61. The highest BCUT2D eigenvalue weighted by Gasteiger charge is 2.07. The Bertz CT molecular complexity index is 918. The van der Waals surface area contributed by atoms with Gasteiger partial charge in [0.2, 0.25) is 0 Å². The number of hydrogen-bond donors (Lipinski definition) is 1. The largest absolute Gasteiger partial charge is 0.508 e. The zero-order valence-corrected chi connectivity index (χ0v) is 13.3. The van der Waals surface area contributed by atoms with Gasteiger partial charge in [-0.15, -0.1) is 0 Å². The number of phenols is 1. The number of pyridine rings is 1. The van der Waals surface area contributed by atoms with Gasteiger partial charge in [0, 0.05) is 22.7 Å². The molecule has 0 aliphatic heterocycles. The van der Waals surface area contributed by atoms with E-state index in [1.807, 2.05) is 6.07 Å². The van der Waals surface area contributed by atoms with Crippen molar-refractivity contribution in [3.05, 3.63) is 75.9 Å². The molecule has 2 aromatic carbocycles. The van der Waals surface area contributed by atoms with Crippen molar-refractivity contribution in [1.29, 1.82) is 0 Å². The highest BCUT2D eigenvalue weighted by atomic mass is 35.5. The van der Waals surface area contributed by atoms with Crippen molar-refractivity contribution in [2.45, 2.75) is 0 Å². The van der Waals surface area contributed by atoms with Crippen molar-refractivity contribution in [3.63, 3.8) is 0 Å². The third-order valence-electron chi connectivity index (χ3n) is 3.36. The van der Waals surface area contributed by atoms with E-state index in [0.717, 1.165) is 5.39 Å². The minimum atomic E-state index is -0.188. The molecule has 1 heterocycles. The molecule has 114 valence electrons. The Morgan fingerprint density at radius 3 is 2.57 bits per heavy atom. The molecular weight excluding hydrogens is 333 g/mol. The van der Waals surface area contributed by atoms with Crippen LogP contribution in [0.3, 0.4) is 0 Å². The smallest absolute Gasteiger partial charge is 0.185 e. The highest BCUT2D eigenvalue weighted by molar-refractivity contribution is 6.34. The summed E-state index contributed by atoms with van der Waals surface area (Å²) in [5.74, 6) is -0.0734. The third kappa shape index (κ3) is 3.36. The molecule has 0 radical (unpaired) electrons. The van der Waals surface area contributed by atoms with Gasteiger partial charge in [-0.05, 0) is 48.6 Å². The minimum Gasteiger partial charge on any atom is -0.508 e. The molecular formula is C18H11Cl2NO2. The van der Waals surface area contributed by atoms with Gasteiger partial charge in [-0.2, -0.15) is 0 Å². The Morgan fingerprint density at radius 1 is 1.09 bits per heavy atom. The predicted octanol–water partition coefficient (Wildman–Crippen LogP) is 5.14. The molecule has 0 spiro atoms. The van der Waals surface area contributed by atoms with Gasteiger partial charge in [-0.1, -0.05) is 29.3 Å². The van der Waals surface area contributed by atoms with E-state index in [1.54, 1.807) is 36.5 Å². The number of phenolic OH excluding ortho intramolecular Hbond substituents is 1. The molecule has 0 aliphatic carbocycles. The first-order valence-electron chi connectivity index (χ1n) is 6.80. The van der Waals surface area contributed by atoms with E-state index in [4.69, 9.17) is 23.2 Å². The van der Waals surface area contributed by atoms with E-state index in [9.17, 15) is 9.90 Å². The predicted molar refractivity (Wildman–Crippen MR) is 93.2 cm³/mol. The topological polar surface area (TPSA) is 50.2 Å². The lowest BCUT2D eigenvalue weighted by Gasteiger charge is -2.04. The summed E-state index contributed by atoms with van der Waals surface area (Å²) in [6, 6.07) is 11.4. The second kappa shape index (κ2) is 6.41. The van der Waals surface area contributed by atoms with E-state index in [0.29, 0.717) is 26.7 Å². The highest BCUT2D eigenvalue weighted by Crippen LogP contribution is 2.27. The van der Waals surface area contributed by atoms with Crippen molar-refractivity contribution in [2.24, 2.45) is 0 Å². The quantitative estimate of drug-likeness (QED) is 0.528.